The Balaban J connectivity index is 1.55. The van der Waals surface area contributed by atoms with Crippen molar-refractivity contribution in [3.8, 4) is 11.5 Å². The molecule has 2 atom stereocenters. The average molecular weight is 358 g/mol. The van der Waals surface area contributed by atoms with Gasteiger partial charge in [0, 0.05) is 12.0 Å². The second-order valence-electron chi connectivity index (χ2n) is 6.91. The highest BCUT2D eigenvalue weighted by molar-refractivity contribution is 5.93. The molecule has 1 fully saturated rings. The minimum Gasteiger partial charge on any atom is -0.497 e. The second kappa shape index (κ2) is 7.83. The SMILES string of the molecule is COc1ccc(OC)c(NC(=O)CN(C)Cc2ccc([C@@H]3C[C@H]3C)o2)c1. The van der Waals surface area contributed by atoms with Crippen molar-refractivity contribution in [3.05, 3.63) is 41.9 Å². The summed E-state index contributed by atoms with van der Waals surface area (Å²) in [5, 5.41) is 2.88. The van der Waals surface area contributed by atoms with Crippen LogP contribution in [0.1, 0.15) is 30.8 Å². The molecule has 6 nitrogen and oxygen atoms in total. The molecule has 3 rings (SSSR count). The lowest BCUT2D eigenvalue weighted by Crippen LogP contribution is -2.29. The normalized spacial score (nSPS) is 18.7. The zero-order valence-electron chi connectivity index (χ0n) is 15.7. The van der Waals surface area contributed by atoms with Gasteiger partial charge in [0.15, 0.2) is 0 Å². The fourth-order valence-corrected chi connectivity index (χ4v) is 3.07. The first-order valence-electron chi connectivity index (χ1n) is 8.79. The van der Waals surface area contributed by atoms with E-state index in [1.54, 1.807) is 32.4 Å². The first kappa shape index (κ1) is 18.3. The van der Waals surface area contributed by atoms with Crippen molar-refractivity contribution in [1.82, 2.24) is 4.90 Å². The van der Waals surface area contributed by atoms with Crippen molar-refractivity contribution in [1.29, 1.82) is 0 Å². The van der Waals surface area contributed by atoms with Gasteiger partial charge in [0.2, 0.25) is 5.91 Å². The summed E-state index contributed by atoms with van der Waals surface area (Å²) in [5.74, 6) is 4.36. The summed E-state index contributed by atoms with van der Waals surface area (Å²) < 4.78 is 16.4. The van der Waals surface area contributed by atoms with Crippen LogP contribution >= 0.6 is 0 Å². The molecular weight excluding hydrogens is 332 g/mol. The zero-order chi connectivity index (χ0) is 18.7. The number of amides is 1. The molecule has 0 saturated heterocycles. The molecule has 0 radical (unpaired) electrons. The molecule has 0 spiro atoms. The van der Waals surface area contributed by atoms with E-state index in [-0.39, 0.29) is 12.5 Å². The van der Waals surface area contributed by atoms with Gasteiger partial charge in [-0.25, -0.2) is 0 Å². The first-order valence-corrected chi connectivity index (χ1v) is 8.79. The number of ether oxygens (including phenoxy) is 2. The maximum Gasteiger partial charge on any atom is 0.238 e. The predicted octanol–water partition coefficient (Wildman–Crippen LogP) is 3.49. The van der Waals surface area contributed by atoms with Crippen LogP contribution in [0.2, 0.25) is 0 Å². The Hall–Kier alpha value is -2.47. The molecular formula is C20H26N2O4. The second-order valence-corrected chi connectivity index (χ2v) is 6.91. The van der Waals surface area contributed by atoms with E-state index in [1.807, 2.05) is 18.0 Å². The molecule has 1 aliphatic rings. The summed E-state index contributed by atoms with van der Waals surface area (Å²) in [4.78, 5) is 14.3. The lowest BCUT2D eigenvalue weighted by atomic mass is 10.2. The molecule has 1 N–H and O–H groups in total. The number of anilines is 1. The first-order chi connectivity index (χ1) is 12.5. The summed E-state index contributed by atoms with van der Waals surface area (Å²) >= 11 is 0. The number of carbonyl (C=O) groups is 1. The number of furan rings is 1. The van der Waals surface area contributed by atoms with Gasteiger partial charge in [-0.3, -0.25) is 9.69 Å². The fraction of sp³-hybridized carbons (Fsp3) is 0.450. The van der Waals surface area contributed by atoms with Gasteiger partial charge in [-0.15, -0.1) is 0 Å². The molecule has 2 aromatic rings. The van der Waals surface area contributed by atoms with Crippen LogP contribution in [-0.2, 0) is 11.3 Å². The third-order valence-corrected chi connectivity index (χ3v) is 4.68. The van der Waals surface area contributed by atoms with Gasteiger partial charge in [0.25, 0.3) is 0 Å². The Morgan fingerprint density at radius 1 is 1.27 bits per heavy atom. The molecule has 140 valence electrons. The topological polar surface area (TPSA) is 63.9 Å². The van der Waals surface area contributed by atoms with Crippen molar-refractivity contribution in [3.63, 3.8) is 0 Å². The Morgan fingerprint density at radius 3 is 2.69 bits per heavy atom. The molecule has 0 aliphatic heterocycles. The van der Waals surface area contributed by atoms with E-state index in [0.717, 1.165) is 17.4 Å². The standard InChI is InChI=1S/C20H26N2O4/c1-13-9-16(13)18-7-6-15(26-18)11-22(2)12-20(23)21-17-10-14(24-3)5-8-19(17)25-4/h5-8,10,13,16H,9,11-12H2,1-4H3,(H,21,23)/t13-,16-/m1/s1. The highest BCUT2D eigenvalue weighted by atomic mass is 16.5. The Kier molecular flexibility index (Phi) is 5.52. The minimum absolute atomic E-state index is 0.123. The minimum atomic E-state index is -0.123. The number of rotatable bonds is 8. The van der Waals surface area contributed by atoms with Crippen LogP contribution in [0.5, 0.6) is 11.5 Å². The van der Waals surface area contributed by atoms with Crippen molar-refractivity contribution in [2.24, 2.45) is 5.92 Å². The third kappa shape index (κ3) is 4.38. The van der Waals surface area contributed by atoms with E-state index in [4.69, 9.17) is 13.9 Å². The quantitative estimate of drug-likeness (QED) is 0.783. The number of hydrogen-bond acceptors (Lipinski definition) is 5. The molecule has 1 saturated carbocycles. The largest absolute Gasteiger partial charge is 0.497 e. The van der Waals surface area contributed by atoms with Crippen molar-refractivity contribution >= 4 is 11.6 Å². The zero-order valence-corrected chi connectivity index (χ0v) is 15.7. The molecule has 26 heavy (non-hydrogen) atoms. The van der Waals surface area contributed by atoms with Crippen molar-refractivity contribution < 1.29 is 18.7 Å². The van der Waals surface area contributed by atoms with Crippen LogP contribution < -0.4 is 14.8 Å². The molecule has 0 unspecified atom stereocenters. The highest BCUT2D eigenvalue weighted by Gasteiger charge is 2.36. The van der Waals surface area contributed by atoms with Gasteiger partial charge < -0.3 is 19.2 Å². The fourth-order valence-electron chi connectivity index (χ4n) is 3.07. The molecule has 1 aromatic heterocycles. The van der Waals surface area contributed by atoms with Crippen LogP contribution in [0.15, 0.2) is 34.7 Å². The maximum absolute atomic E-state index is 12.4. The Labute approximate surface area is 154 Å². The van der Waals surface area contributed by atoms with Gasteiger partial charge in [-0.05, 0) is 43.7 Å². The molecule has 6 heteroatoms. The Morgan fingerprint density at radius 2 is 2.04 bits per heavy atom. The molecule has 1 aliphatic carbocycles. The lowest BCUT2D eigenvalue weighted by Gasteiger charge is -2.16. The summed E-state index contributed by atoms with van der Waals surface area (Å²) in [6, 6.07) is 9.35. The monoisotopic (exact) mass is 358 g/mol. The molecule has 1 amide bonds. The van der Waals surface area contributed by atoms with E-state index in [2.05, 4.69) is 18.3 Å². The smallest absolute Gasteiger partial charge is 0.238 e. The van der Waals surface area contributed by atoms with Crippen LogP contribution in [0, 0.1) is 5.92 Å². The van der Waals surface area contributed by atoms with Crippen LogP contribution in [-0.4, -0.2) is 38.6 Å². The van der Waals surface area contributed by atoms with Gasteiger partial charge in [-0.1, -0.05) is 6.92 Å². The van der Waals surface area contributed by atoms with Gasteiger partial charge in [-0.2, -0.15) is 0 Å². The van der Waals surface area contributed by atoms with Crippen molar-refractivity contribution in [2.45, 2.75) is 25.8 Å². The average Bonchev–Trinajstić information content (AvgIpc) is 3.16. The van der Waals surface area contributed by atoms with E-state index >= 15 is 0 Å². The summed E-state index contributed by atoms with van der Waals surface area (Å²) in [6.07, 6.45) is 1.20. The number of carbonyl (C=O) groups excluding carboxylic acids is 1. The van der Waals surface area contributed by atoms with Gasteiger partial charge in [0.1, 0.15) is 23.0 Å². The summed E-state index contributed by atoms with van der Waals surface area (Å²) in [6.45, 7) is 3.07. The van der Waals surface area contributed by atoms with E-state index < -0.39 is 0 Å². The molecule has 0 bridgehead atoms. The van der Waals surface area contributed by atoms with Gasteiger partial charge >= 0.3 is 0 Å². The molecule has 1 aromatic carbocycles. The van der Waals surface area contributed by atoms with E-state index in [9.17, 15) is 4.79 Å². The maximum atomic E-state index is 12.4. The lowest BCUT2D eigenvalue weighted by molar-refractivity contribution is -0.117. The van der Waals surface area contributed by atoms with Crippen LogP contribution in [0.25, 0.3) is 0 Å². The molecule has 1 heterocycles. The van der Waals surface area contributed by atoms with Crippen LogP contribution in [0.3, 0.4) is 0 Å². The van der Waals surface area contributed by atoms with Crippen molar-refractivity contribution in [2.75, 3.05) is 33.1 Å². The summed E-state index contributed by atoms with van der Waals surface area (Å²) in [5.41, 5.74) is 0.591. The number of hydrogen-bond donors (Lipinski definition) is 1. The number of nitrogens with one attached hydrogen (secondary N) is 1. The predicted molar refractivity (Wildman–Crippen MR) is 99.7 cm³/mol. The number of methoxy groups -OCH3 is 2. The van der Waals surface area contributed by atoms with E-state index in [0.29, 0.717) is 29.6 Å². The number of nitrogens with zero attached hydrogens (tertiary/aromatic N) is 1. The number of likely N-dealkylation sites (N-methyl/N-ethyl adjacent to an activating group) is 1. The number of benzene rings is 1. The summed E-state index contributed by atoms with van der Waals surface area (Å²) in [7, 11) is 5.05. The van der Waals surface area contributed by atoms with Gasteiger partial charge in [0.05, 0.1) is 33.0 Å². The third-order valence-electron chi connectivity index (χ3n) is 4.68. The van der Waals surface area contributed by atoms with Crippen LogP contribution in [0.4, 0.5) is 5.69 Å². The van der Waals surface area contributed by atoms with E-state index in [1.165, 1.54) is 6.42 Å². The highest BCUT2D eigenvalue weighted by Crippen LogP contribution is 2.47. The Bertz CT molecular complexity index is 771.